The van der Waals surface area contributed by atoms with E-state index >= 15 is 0 Å². The topological polar surface area (TPSA) is 0 Å². The lowest BCUT2D eigenvalue weighted by Gasteiger charge is -2.24. The van der Waals surface area contributed by atoms with Gasteiger partial charge in [0.05, 0.1) is 0 Å². The number of benzene rings is 1. The van der Waals surface area contributed by atoms with Gasteiger partial charge in [0, 0.05) is 0 Å². The Hall–Kier alpha value is -0.780. The molecule has 0 aromatic heterocycles. The quantitative estimate of drug-likeness (QED) is 0.578. The molecule has 0 radical (unpaired) electrons. The molecule has 0 nitrogen and oxygen atoms in total. The highest BCUT2D eigenvalue weighted by molar-refractivity contribution is 5.34. The summed E-state index contributed by atoms with van der Waals surface area (Å²) < 4.78 is 0. The highest BCUT2D eigenvalue weighted by Crippen LogP contribution is 2.35. The first-order chi connectivity index (χ1) is 9.24. The molecule has 0 N–H and O–H groups in total. The Kier molecular flexibility index (Phi) is 5.48. The van der Waals surface area contributed by atoms with Crippen molar-refractivity contribution in [3.63, 3.8) is 0 Å². The van der Waals surface area contributed by atoms with E-state index in [1.54, 1.807) is 11.1 Å². The summed E-state index contributed by atoms with van der Waals surface area (Å²) in [5.74, 6) is 1.61. The van der Waals surface area contributed by atoms with Gasteiger partial charge in [-0.3, -0.25) is 0 Å². The summed E-state index contributed by atoms with van der Waals surface area (Å²) in [7, 11) is 0. The predicted octanol–water partition coefficient (Wildman–Crippen LogP) is 6.34. The summed E-state index contributed by atoms with van der Waals surface area (Å²) in [5.41, 5.74) is 4.70. The number of hydrogen-bond acceptors (Lipinski definition) is 0. The van der Waals surface area contributed by atoms with Crippen LogP contribution in [0.15, 0.2) is 18.2 Å². The third kappa shape index (κ3) is 3.84. The Balaban J connectivity index is 2.22. The van der Waals surface area contributed by atoms with Crippen molar-refractivity contribution < 1.29 is 0 Å². The number of aryl methyl sites for hydroxylation is 1. The van der Waals surface area contributed by atoms with Crippen LogP contribution in [0.25, 0.3) is 0 Å². The van der Waals surface area contributed by atoms with Crippen LogP contribution in [0.4, 0.5) is 0 Å². The molecular formula is C19H30. The SMILES string of the molecule is CCCC(CC)c1cc(C)cc(C2CCCCC2)c1. The molecule has 19 heavy (non-hydrogen) atoms. The van der Waals surface area contributed by atoms with Gasteiger partial charge < -0.3 is 0 Å². The van der Waals surface area contributed by atoms with E-state index < -0.39 is 0 Å². The fourth-order valence-corrected chi connectivity index (χ4v) is 3.71. The van der Waals surface area contributed by atoms with Gasteiger partial charge in [-0.15, -0.1) is 0 Å². The molecule has 0 amide bonds. The van der Waals surface area contributed by atoms with Crippen molar-refractivity contribution in [3.8, 4) is 0 Å². The second-order valence-electron chi connectivity index (χ2n) is 6.41. The lowest BCUT2D eigenvalue weighted by Crippen LogP contribution is -2.06. The fraction of sp³-hybridized carbons (Fsp3) is 0.684. The van der Waals surface area contributed by atoms with Gasteiger partial charge in [0.1, 0.15) is 0 Å². The first-order valence-corrected chi connectivity index (χ1v) is 8.36. The molecular weight excluding hydrogens is 228 g/mol. The Morgan fingerprint density at radius 3 is 2.42 bits per heavy atom. The van der Waals surface area contributed by atoms with Gasteiger partial charge in [0.2, 0.25) is 0 Å². The van der Waals surface area contributed by atoms with Crippen molar-refractivity contribution in [2.24, 2.45) is 0 Å². The minimum Gasteiger partial charge on any atom is -0.0654 e. The molecule has 0 bridgehead atoms. The van der Waals surface area contributed by atoms with E-state index in [-0.39, 0.29) is 0 Å². The summed E-state index contributed by atoms with van der Waals surface area (Å²) in [6.07, 6.45) is 11.0. The van der Waals surface area contributed by atoms with Crippen LogP contribution < -0.4 is 0 Å². The summed E-state index contributed by atoms with van der Waals surface area (Å²) in [6, 6.07) is 7.40. The van der Waals surface area contributed by atoms with Crippen molar-refractivity contribution >= 4 is 0 Å². The summed E-state index contributed by atoms with van der Waals surface area (Å²) in [5, 5.41) is 0. The average Bonchev–Trinajstić information content (AvgIpc) is 2.45. The van der Waals surface area contributed by atoms with Gasteiger partial charge in [-0.05, 0) is 55.6 Å². The van der Waals surface area contributed by atoms with Crippen LogP contribution in [0.3, 0.4) is 0 Å². The highest BCUT2D eigenvalue weighted by atomic mass is 14.2. The van der Waals surface area contributed by atoms with Crippen LogP contribution in [-0.2, 0) is 0 Å². The predicted molar refractivity (Wildman–Crippen MR) is 84.9 cm³/mol. The minimum atomic E-state index is 0.771. The molecule has 1 aliphatic carbocycles. The normalized spacial score (nSPS) is 18.5. The second kappa shape index (κ2) is 7.12. The molecule has 106 valence electrons. The molecule has 0 heterocycles. The molecule has 1 saturated carbocycles. The summed E-state index contributed by atoms with van der Waals surface area (Å²) in [4.78, 5) is 0. The van der Waals surface area contributed by atoms with E-state index in [2.05, 4.69) is 39.0 Å². The van der Waals surface area contributed by atoms with Crippen LogP contribution in [0.5, 0.6) is 0 Å². The minimum absolute atomic E-state index is 0.771. The monoisotopic (exact) mass is 258 g/mol. The molecule has 0 heteroatoms. The standard InChI is InChI=1S/C19H30/c1-4-9-16(5-2)18-12-15(3)13-19(14-18)17-10-7-6-8-11-17/h12-14,16-17H,4-11H2,1-3H3. The largest absolute Gasteiger partial charge is 0.0654 e. The smallest absolute Gasteiger partial charge is 0.0162 e. The molecule has 0 spiro atoms. The van der Waals surface area contributed by atoms with Crippen molar-refractivity contribution in [2.75, 3.05) is 0 Å². The van der Waals surface area contributed by atoms with Gasteiger partial charge in [-0.1, -0.05) is 63.3 Å². The van der Waals surface area contributed by atoms with Crippen molar-refractivity contribution in [1.82, 2.24) is 0 Å². The van der Waals surface area contributed by atoms with E-state index in [0.717, 1.165) is 11.8 Å². The van der Waals surface area contributed by atoms with Gasteiger partial charge in [-0.25, -0.2) is 0 Å². The van der Waals surface area contributed by atoms with Gasteiger partial charge in [0.15, 0.2) is 0 Å². The van der Waals surface area contributed by atoms with Gasteiger partial charge in [0.25, 0.3) is 0 Å². The molecule has 1 aliphatic rings. The van der Waals surface area contributed by atoms with Gasteiger partial charge in [-0.2, -0.15) is 0 Å². The Morgan fingerprint density at radius 2 is 1.79 bits per heavy atom. The van der Waals surface area contributed by atoms with E-state index in [9.17, 15) is 0 Å². The third-order valence-electron chi connectivity index (χ3n) is 4.80. The van der Waals surface area contributed by atoms with Crippen LogP contribution >= 0.6 is 0 Å². The lowest BCUT2D eigenvalue weighted by atomic mass is 9.81. The van der Waals surface area contributed by atoms with Gasteiger partial charge >= 0.3 is 0 Å². The number of rotatable bonds is 5. The molecule has 1 aromatic rings. The lowest BCUT2D eigenvalue weighted by molar-refractivity contribution is 0.443. The van der Waals surface area contributed by atoms with Crippen LogP contribution in [0.2, 0.25) is 0 Å². The van der Waals surface area contributed by atoms with E-state index in [4.69, 9.17) is 0 Å². The maximum atomic E-state index is 2.53. The Bertz CT molecular complexity index is 362. The van der Waals surface area contributed by atoms with Crippen molar-refractivity contribution in [1.29, 1.82) is 0 Å². The molecule has 1 aromatic carbocycles. The summed E-state index contributed by atoms with van der Waals surface area (Å²) >= 11 is 0. The van der Waals surface area contributed by atoms with Crippen LogP contribution in [0, 0.1) is 6.92 Å². The van der Waals surface area contributed by atoms with Crippen LogP contribution in [-0.4, -0.2) is 0 Å². The average molecular weight is 258 g/mol. The summed E-state index contributed by atoms with van der Waals surface area (Å²) in [6.45, 7) is 6.91. The molecule has 1 fully saturated rings. The second-order valence-corrected chi connectivity index (χ2v) is 6.41. The maximum Gasteiger partial charge on any atom is -0.0162 e. The highest BCUT2D eigenvalue weighted by Gasteiger charge is 2.17. The molecule has 1 unspecified atom stereocenters. The maximum absolute atomic E-state index is 2.53. The number of hydrogen-bond donors (Lipinski definition) is 0. The first kappa shape index (κ1) is 14.6. The fourth-order valence-electron chi connectivity index (χ4n) is 3.71. The van der Waals surface area contributed by atoms with Crippen LogP contribution in [0.1, 0.15) is 93.7 Å². The van der Waals surface area contributed by atoms with Crippen molar-refractivity contribution in [3.05, 3.63) is 34.9 Å². The Morgan fingerprint density at radius 1 is 1.05 bits per heavy atom. The molecule has 2 rings (SSSR count). The zero-order valence-electron chi connectivity index (χ0n) is 13.0. The molecule has 1 atom stereocenters. The van der Waals surface area contributed by atoms with Crippen molar-refractivity contribution in [2.45, 2.75) is 84.0 Å². The third-order valence-corrected chi connectivity index (χ3v) is 4.80. The first-order valence-electron chi connectivity index (χ1n) is 8.36. The molecule has 0 aliphatic heterocycles. The molecule has 0 saturated heterocycles. The van der Waals surface area contributed by atoms with E-state index in [0.29, 0.717) is 0 Å². The van der Waals surface area contributed by atoms with E-state index in [1.165, 1.54) is 56.9 Å². The van der Waals surface area contributed by atoms with E-state index in [1.807, 2.05) is 0 Å². The Labute approximate surface area is 119 Å². The zero-order valence-corrected chi connectivity index (χ0v) is 13.0. The zero-order chi connectivity index (χ0) is 13.7.